The zero-order valence-corrected chi connectivity index (χ0v) is 41.3. The highest BCUT2D eigenvalue weighted by Crippen LogP contribution is 2.30. The molecule has 390 valence electrons. The number of unbranched alkanes of at least 4 members (excludes halogenated alkanes) is 13. The van der Waals surface area contributed by atoms with Gasteiger partial charge in [-0.3, -0.25) is 4.79 Å². The number of rotatable bonds is 38. The second-order valence-electron chi connectivity index (χ2n) is 17.9. The molecule has 0 radical (unpaired) electrons. The molecule has 68 heavy (non-hydrogen) atoms. The lowest BCUT2D eigenvalue weighted by Gasteiger charge is -2.46. The maximum absolute atomic E-state index is 13.2. The van der Waals surface area contributed by atoms with Crippen LogP contribution < -0.4 is 5.32 Å². The second-order valence-corrected chi connectivity index (χ2v) is 17.9. The van der Waals surface area contributed by atoms with Gasteiger partial charge in [0.1, 0.15) is 48.8 Å². The standard InChI is InChI=1S/C54H91NO13/c1-3-5-7-9-11-13-15-16-17-18-19-20-21-22-23-24-25-26-28-30-32-34-36-38-46(59)55-42(43(58)37-35-33-31-29-27-14-12-10-8-6-4-2)41-65-53-51(64)49(62)52(45(40-57)67-53)68-54-50(63)48(61)47(60)44(39-56)66-54/h5,7,11,13,16-17,19-20,22-23,25-26,35,37,42-45,47-54,56-58,60-64H,3-4,6,8-10,12,14-15,18,21,24,27-34,36,38-41H2,1-2H3,(H,55,59)/b7-5-,13-11-,17-16-,20-19-,23-22-,26-25-,37-35+. The van der Waals surface area contributed by atoms with Gasteiger partial charge in [0.05, 0.1) is 32.0 Å². The first-order valence-corrected chi connectivity index (χ1v) is 25.8. The molecule has 0 aromatic carbocycles. The molecule has 14 nitrogen and oxygen atoms in total. The molecule has 2 aliphatic rings. The van der Waals surface area contributed by atoms with E-state index in [4.69, 9.17) is 18.9 Å². The van der Waals surface area contributed by atoms with Gasteiger partial charge in [0.15, 0.2) is 12.6 Å². The fraction of sp³-hybridized carbons (Fsp3) is 0.722. The van der Waals surface area contributed by atoms with Crippen molar-refractivity contribution in [1.29, 1.82) is 0 Å². The number of carbonyl (C=O) groups excluding carboxylic acids is 1. The summed E-state index contributed by atoms with van der Waals surface area (Å²) in [6, 6.07) is -0.932. The molecule has 1 amide bonds. The quantitative estimate of drug-likeness (QED) is 0.0225. The van der Waals surface area contributed by atoms with Gasteiger partial charge in [-0.2, -0.15) is 0 Å². The van der Waals surface area contributed by atoms with Crippen LogP contribution in [0, 0.1) is 0 Å². The number of aliphatic hydroxyl groups excluding tert-OH is 8. The molecule has 14 heteroatoms. The van der Waals surface area contributed by atoms with Gasteiger partial charge in [-0.15, -0.1) is 0 Å². The lowest BCUT2D eigenvalue weighted by molar-refractivity contribution is -0.359. The summed E-state index contributed by atoms with van der Waals surface area (Å²) < 4.78 is 22.7. The molecule has 2 fully saturated rings. The topological polar surface area (TPSA) is 228 Å². The second kappa shape index (κ2) is 39.8. The summed E-state index contributed by atoms with van der Waals surface area (Å²) in [4.78, 5) is 13.2. The summed E-state index contributed by atoms with van der Waals surface area (Å²) in [7, 11) is 0. The van der Waals surface area contributed by atoms with Crippen molar-refractivity contribution in [1.82, 2.24) is 5.32 Å². The molecule has 0 spiro atoms. The normalized spacial score (nSPS) is 27.1. The summed E-state index contributed by atoms with van der Waals surface area (Å²) in [6.07, 6.45) is 34.8. The van der Waals surface area contributed by atoms with Crippen LogP contribution in [0.15, 0.2) is 85.1 Å². The summed E-state index contributed by atoms with van der Waals surface area (Å²) in [5, 5.41) is 86.7. The van der Waals surface area contributed by atoms with Crippen molar-refractivity contribution >= 4 is 5.91 Å². The van der Waals surface area contributed by atoms with Crippen molar-refractivity contribution < 1.29 is 64.6 Å². The molecule has 2 saturated heterocycles. The van der Waals surface area contributed by atoms with Crippen molar-refractivity contribution in [2.45, 2.75) is 229 Å². The summed E-state index contributed by atoms with van der Waals surface area (Å²) >= 11 is 0. The summed E-state index contributed by atoms with van der Waals surface area (Å²) in [5.41, 5.74) is 0. The Bertz CT molecular complexity index is 1460. The fourth-order valence-corrected chi connectivity index (χ4v) is 7.88. The van der Waals surface area contributed by atoms with Crippen molar-refractivity contribution in [3.63, 3.8) is 0 Å². The van der Waals surface area contributed by atoms with Gasteiger partial charge in [-0.1, -0.05) is 163 Å². The van der Waals surface area contributed by atoms with Crippen LogP contribution in [0.3, 0.4) is 0 Å². The third-order valence-electron chi connectivity index (χ3n) is 12.1. The Morgan fingerprint density at radius 2 is 1.01 bits per heavy atom. The van der Waals surface area contributed by atoms with E-state index in [2.05, 4.69) is 92.1 Å². The Hall–Kier alpha value is -2.83. The highest BCUT2D eigenvalue weighted by Gasteiger charge is 2.51. The number of hydrogen-bond donors (Lipinski definition) is 9. The molecule has 0 saturated carbocycles. The summed E-state index contributed by atoms with van der Waals surface area (Å²) in [5.74, 6) is -0.270. The van der Waals surface area contributed by atoms with E-state index in [-0.39, 0.29) is 18.9 Å². The van der Waals surface area contributed by atoms with Crippen molar-refractivity contribution in [2.75, 3.05) is 19.8 Å². The number of hydrogen-bond acceptors (Lipinski definition) is 13. The van der Waals surface area contributed by atoms with Crippen LogP contribution in [0.5, 0.6) is 0 Å². The van der Waals surface area contributed by atoms with Gasteiger partial charge in [0, 0.05) is 6.42 Å². The van der Waals surface area contributed by atoms with Crippen LogP contribution in [-0.2, 0) is 23.7 Å². The smallest absolute Gasteiger partial charge is 0.220 e. The van der Waals surface area contributed by atoms with Gasteiger partial charge >= 0.3 is 0 Å². The molecule has 2 rings (SSSR count). The first-order chi connectivity index (χ1) is 33.1. The molecule has 0 aromatic rings. The zero-order valence-electron chi connectivity index (χ0n) is 41.3. The first kappa shape index (κ1) is 61.3. The maximum Gasteiger partial charge on any atom is 0.220 e. The van der Waals surface area contributed by atoms with E-state index in [1.54, 1.807) is 6.08 Å². The lowest BCUT2D eigenvalue weighted by Crippen LogP contribution is -2.65. The average molecular weight is 962 g/mol. The molecule has 12 unspecified atom stereocenters. The highest BCUT2D eigenvalue weighted by molar-refractivity contribution is 5.76. The Morgan fingerprint density at radius 3 is 1.56 bits per heavy atom. The lowest BCUT2D eigenvalue weighted by atomic mass is 9.97. The minimum Gasteiger partial charge on any atom is -0.394 e. The van der Waals surface area contributed by atoms with Gasteiger partial charge in [-0.25, -0.2) is 0 Å². The van der Waals surface area contributed by atoms with E-state index in [1.165, 1.54) is 38.5 Å². The van der Waals surface area contributed by atoms with Crippen molar-refractivity contribution in [3.05, 3.63) is 85.1 Å². The number of carbonyl (C=O) groups is 1. The molecule has 12 atom stereocenters. The molecule has 9 N–H and O–H groups in total. The van der Waals surface area contributed by atoms with Crippen LogP contribution >= 0.6 is 0 Å². The van der Waals surface area contributed by atoms with Gasteiger partial charge in [0.25, 0.3) is 0 Å². The van der Waals surface area contributed by atoms with Crippen LogP contribution in [0.4, 0.5) is 0 Å². The van der Waals surface area contributed by atoms with E-state index in [1.807, 2.05) is 6.08 Å². The molecular weight excluding hydrogens is 871 g/mol. The maximum atomic E-state index is 13.2. The van der Waals surface area contributed by atoms with E-state index in [9.17, 15) is 45.6 Å². The van der Waals surface area contributed by atoms with E-state index in [0.29, 0.717) is 6.42 Å². The van der Waals surface area contributed by atoms with E-state index < -0.39 is 86.8 Å². The van der Waals surface area contributed by atoms with Crippen LogP contribution in [-0.4, -0.2) is 140 Å². The Kier molecular flexibility index (Phi) is 35.9. The molecule has 0 aliphatic carbocycles. The van der Waals surface area contributed by atoms with Crippen LogP contribution in [0.25, 0.3) is 0 Å². The number of allylic oxidation sites excluding steroid dienone is 13. The average Bonchev–Trinajstić information content (AvgIpc) is 3.34. The van der Waals surface area contributed by atoms with Crippen molar-refractivity contribution in [2.24, 2.45) is 0 Å². The number of nitrogens with one attached hydrogen (secondary N) is 1. The highest BCUT2D eigenvalue weighted by atomic mass is 16.7. The van der Waals surface area contributed by atoms with E-state index >= 15 is 0 Å². The summed E-state index contributed by atoms with van der Waals surface area (Å²) in [6.45, 7) is 2.61. The predicted molar refractivity (Wildman–Crippen MR) is 267 cm³/mol. The molecule has 0 aromatic heterocycles. The Morgan fingerprint density at radius 1 is 0.544 bits per heavy atom. The first-order valence-electron chi connectivity index (χ1n) is 25.8. The van der Waals surface area contributed by atoms with E-state index in [0.717, 1.165) is 89.9 Å². The third kappa shape index (κ3) is 26.4. The van der Waals surface area contributed by atoms with Crippen LogP contribution in [0.2, 0.25) is 0 Å². The minimum atomic E-state index is -1.79. The third-order valence-corrected chi connectivity index (χ3v) is 12.1. The minimum absolute atomic E-state index is 0.246. The Balaban J connectivity index is 1.82. The number of aliphatic hydroxyl groups is 8. The van der Waals surface area contributed by atoms with Gasteiger partial charge < -0.3 is 65.1 Å². The van der Waals surface area contributed by atoms with Gasteiger partial charge in [0.2, 0.25) is 5.91 Å². The predicted octanol–water partition coefficient (Wildman–Crippen LogP) is 6.99. The number of amides is 1. The molecule has 2 heterocycles. The molecular formula is C54H91NO13. The van der Waals surface area contributed by atoms with Crippen LogP contribution in [0.1, 0.15) is 155 Å². The van der Waals surface area contributed by atoms with Gasteiger partial charge in [-0.05, 0) is 70.6 Å². The number of ether oxygens (including phenoxy) is 4. The Labute approximate surface area is 408 Å². The fourth-order valence-electron chi connectivity index (χ4n) is 7.88. The monoisotopic (exact) mass is 962 g/mol. The molecule has 0 bridgehead atoms. The van der Waals surface area contributed by atoms with Crippen molar-refractivity contribution in [3.8, 4) is 0 Å². The largest absolute Gasteiger partial charge is 0.394 e. The SMILES string of the molecule is CC/C=C\C/C=C\C/C=C\C/C=C\C/C=C\C/C=C\CCCCCCC(=O)NC(COC1OC(CO)C(OC2OC(CO)C(O)C(O)C2O)C(O)C1O)C(O)/C=C/CCCCCCCCCCC. The zero-order chi connectivity index (χ0) is 49.6. The molecule has 2 aliphatic heterocycles.